The van der Waals surface area contributed by atoms with Gasteiger partial charge in [-0.3, -0.25) is 4.79 Å². The monoisotopic (exact) mass is 236 g/mol. The summed E-state index contributed by atoms with van der Waals surface area (Å²) in [4.78, 5) is 14.0. The molecule has 4 heteroatoms. The van der Waals surface area contributed by atoms with Crippen molar-refractivity contribution in [3.05, 3.63) is 29.6 Å². The fourth-order valence-electron chi connectivity index (χ4n) is 2.35. The average molecular weight is 236 g/mol. The standard InChI is InChI=1S/C13H17FN2O/c1-2-10-4-3-7-16(10)13(17)9-5-6-12(15)11(14)8-9/h5-6,8,10H,2-4,7,15H2,1H3. The zero-order valence-corrected chi connectivity index (χ0v) is 9.95. The lowest BCUT2D eigenvalue weighted by Gasteiger charge is -2.23. The second-order valence-electron chi connectivity index (χ2n) is 4.44. The van der Waals surface area contributed by atoms with Crippen molar-refractivity contribution in [1.29, 1.82) is 0 Å². The first-order valence-corrected chi connectivity index (χ1v) is 5.99. The first-order chi connectivity index (χ1) is 8.13. The van der Waals surface area contributed by atoms with Crippen molar-refractivity contribution < 1.29 is 9.18 Å². The number of benzene rings is 1. The van der Waals surface area contributed by atoms with Crippen molar-refractivity contribution in [2.45, 2.75) is 32.2 Å². The molecule has 2 N–H and O–H groups in total. The van der Waals surface area contributed by atoms with Crippen molar-refractivity contribution in [1.82, 2.24) is 4.90 Å². The first-order valence-electron chi connectivity index (χ1n) is 5.99. The maximum Gasteiger partial charge on any atom is 0.254 e. The number of anilines is 1. The van der Waals surface area contributed by atoms with Crippen LogP contribution in [0.4, 0.5) is 10.1 Å². The van der Waals surface area contributed by atoms with Gasteiger partial charge in [0.2, 0.25) is 0 Å². The van der Waals surface area contributed by atoms with E-state index in [0.29, 0.717) is 11.6 Å². The molecular formula is C13H17FN2O. The molecule has 0 spiro atoms. The van der Waals surface area contributed by atoms with Crippen molar-refractivity contribution >= 4 is 11.6 Å². The highest BCUT2D eigenvalue weighted by molar-refractivity contribution is 5.95. The van der Waals surface area contributed by atoms with Gasteiger partial charge in [-0.2, -0.15) is 0 Å². The number of carbonyl (C=O) groups excluding carboxylic acids is 1. The number of halogens is 1. The van der Waals surface area contributed by atoms with E-state index in [1.54, 1.807) is 6.07 Å². The van der Waals surface area contributed by atoms with Crippen LogP contribution in [0.2, 0.25) is 0 Å². The predicted molar refractivity (Wildman–Crippen MR) is 65.2 cm³/mol. The molecule has 1 aliphatic rings. The van der Waals surface area contributed by atoms with Gasteiger partial charge in [-0.15, -0.1) is 0 Å². The van der Waals surface area contributed by atoms with Gasteiger partial charge in [-0.1, -0.05) is 6.92 Å². The van der Waals surface area contributed by atoms with Gasteiger partial charge >= 0.3 is 0 Å². The lowest BCUT2D eigenvalue weighted by molar-refractivity contribution is 0.0733. The molecule has 1 fully saturated rings. The molecule has 2 rings (SSSR count). The summed E-state index contributed by atoms with van der Waals surface area (Å²) in [5.74, 6) is -0.614. The Labute approximate surface area is 100 Å². The van der Waals surface area contributed by atoms with Gasteiger partial charge in [0.05, 0.1) is 5.69 Å². The molecule has 1 saturated heterocycles. The van der Waals surface area contributed by atoms with Gasteiger partial charge in [-0.05, 0) is 37.5 Å². The quantitative estimate of drug-likeness (QED) is 0.801. The van der Waals surface area contributed by atoms with Gasteiger partial charge in [0, 0.05) is 18.2 Å². The minimum absolute atomic E-state index is 0.0787. The van der Waals surface area contributed by atoms with Crippen molar-refractivity contribution in [3.63, 3.8) is 0 Å². The summed E-state index contributed by atoms with van der Waals surface area (Å²) in [7, 11) is 0. The molecule has 1 heterocycles. The highest BCUT2D eigenvalue weighted by Crippen LogP contribution is 2.23. The van der Waals surface area contributed by atoms with Crippen molar-refractivity contribution in [2.24, 2.45) is 0 Å². The van der Waals surface area contributed by atoms with Gasteiger partial charge < -0.3 is 10.6 Å². The second kappa shape index (κ2) is 4.73. The van der Waals surface area contributed by atoms with E-state index in [2.05, 4.69) is 6.92 Å². The van der Waals surface area contributed by atoms with Crippen molar-refractivity contribution in [3.8, 4) is 0 Å². The summed E-state index contributed by atoms with van der Waals surface area (Å²) < 4.78 is 13.3. The van der Waals surface area contributed by atoms with Crippen LogP contribution in [0, 0.1) is 5.82 Å². The first kappa shape index (κ1) is 11.9. The Balaban J connectivity index is 2.21. The Hall–Kier alpha value is -1.58. The topological polar surface area (TPSA) is 46.3 Å². The number of nitrogen functional groups attached to an aromatic ring is 1. The largest absolute Gasteiger partial charge is 0.396 e. The molecular weight excluding hydrogens is 219 g/mol. The molecule has 3 nitrogen and oxygen atoms in total. The maximum absolute atomic E-state index is 13.3. The number of amides is 1. The molecule has 0 aliphatic carbocycles. The minimum Gasteiger partial charge on any atom is -0.396 e. The highest BCUT2D eigenvalue weighted by atomic mass is 19.1. The molecule has 0 bridgehead atoms. The molecule has 1 aromatic rings. The Morgan fingerprint density at radius 1 is 1.59 bits per heavy atom. The smallest absolute Gasteiger partial charge is 0.254 e. The zero-order valence-electron chi connectivity index (χ0n) is 9.95. The predicted octanol–water partition coefficient (Wildman–Crippen LogP) is 2.42. The van der Waals surface area contributed by atoms with Gasteiger partial charge in [0.25, 0.3) is 5.91 Å². The third-order valence-electron chi connectivity index (χ3n) is 3.36. The van der Waals surface area contributed by atoms with E-state index in [1.165, 1.54) is 12.1 Å². The van der Waals surface area contributed by atoms with Crippen LogP contribution >= 0.6 is 0 Å². The summed E-state index contributed by atoms with van der Waals surface area (Å²) in [6.07, 6.45) is 3.02. The molecule has 1 unspecified atom stereocenters. The minimum atomic E-state index is -0.525. The van der Waals surface area contributed by atoms with E-state index < -0.39 is 5.82 Å². The second-order valence-corrected chi connectivity index (χ2v) is 4.44. The molecule has 92 valence electrons. The Morgan fingerprint density at radius 3 is 3.00 bits per heavy atom. The number of hydrogen-bond donors (Lipinski definition) is 1. The Bertz CT molecular complexity index is 433. The van der Waals surface area contributed by atoms with Crippen LogP contribution in [0.25, 0.3) is 0 Å². The average Bonchev–Trinajstić information content (AvgIpc) is 2.80. The Kier molecular flexibility index (Phi) is 3.31. The lowest BCUT2D eigenvalue weighted by Crippen LogP contribution is -2.35. The van der Waals surface area contributed by atoms with Crippen LogP contribution in [0.3, 0.4) is 0 Å². The third-order valence-corrected chi connectivity index (χ3v) is 3.36. The molecule has 1 amide bonds. The molecule has 0 radical (unpaired) electrons. The molecule has 1 aromatic carbocycles. The van der Waals surface area contributed by atoms with E-state index in [1.807, 2.05) is 4.90 Å². The summed E-state index contributed by atoms with van der Waals surface area (Å²) >= 11 is 0. The van der Waals surface area contributed by atoms with Crippen LogP contribution in [-0.4, -0.2) is 23.4 Å². The van der Waals surface area contributed by atoms with Crippen LogP contribution in [0.1, 0.15) is 36.5 Å². The zero-order chi connectivity index (χ0) is 12.4. The number of hydrogen-bond acceptors (Lipinski definition) is 2. The summed E-state index contributed by atoms with van der Waals surface area (Å²) in [6.45, 7) is 2.84. The number of likely N-dealkylation sites (tertiary alicyclic amines) is 1. The third kappa shape index (κ3) is 2.25. The van der Waals surface area contributed by atoms with Gasteiger partial charge in [0.15, 0.2) is 0 Å². The van der Waals surface area contributed by atoms with Crippen LogP contribution in [0.5, 0.6) is 0 Å². The fourth-order valence-corrected chi connectivity index (χ4v) is 2.35. The highest BCUT2D eigenvalue weighted by Gasteiger charge is 2.28. The van der Waals surface area contributed by atoms with Crippen LogP contribution < -0.4 is 5.73 Å². The summed E-state index contributed by atoms with van der Waals surface area (Å²) in [6, 6.07) is 4.55. The maximum atomic E-state index is 13.3. The van der Waals surface area contributed by atoms with Gasteiger partial charge in [0.1, 0.15) is 5.82 Å². The van der Waals surface area contributed by atoms with Gasteiger partial charge in [-0.25, -0.2) is 4.39 Å². The molecule has 0 saturated carbocycles. The van der Waals surface area contributed by atoms with E-state index in [9.17, 15) is 9.18 Å². The number of rotatable bonds is 2. The molecule has 0 aromatic heterocycles. The number of carbonyl (C=O) groups is 1. The number of nitrogens with two attached hydrogens (primary N) is 1. The lowest BCUT2D eigenvalue weighted by atomic mass is 10.1. The van der Waals surface area contributed by atoms with Crippen molar-refractivity contribution in [2.75, 3.05) is 12.3 Å². The Morgan fingerprint density at radius 2 is 2.35 bits per heavy atom. The molecule has 17 heavy (non-hydrogen) atoms. The van der Waals surface area contributed by atoms with Crippen LogP contribution in [0.15, 0.2) is 18.2 Å². The summed E-state index contributed by atoms with van der Waals surface area (Å²) in [5.41, 5.74) is 5.86. The molecule has 1 atom stereocenters. The van der Waals surface area contributed by atoms with E-state index in [-0.39, 0.29) is 11.6 Å². The normalized spacial score (nSPS) is 19.6. The fraction of sp³-hybridized carbons (Fsp3) is 0.462. The van der Waals surface area contributed by atoms with Crippen LogP contribution in [-0.2, 0) is 0 Å². The number of nitrogens with zero attached hydrogens (tertiary/aromatic N) is 1. The molecule has 1 aliphatic heterocycles. The SMILES string of the molecule is CCC1CCCN1C(=O)c1ccc(N)c(F)c1. The van der Waals surface area contributed by atoms with E-state index >= 15 is 0 Å². The summed E-state index contributed by atoms with van der Waals surface area (Å²) in [5, 5.41) is 0. The van der Waals surface area contributed by atoms with E-state index in [0.717, 1.165) is 25.8 Å². The van der Waals surface area contributed by atoms with E-state index in [4.69, 9.17) is 5.73 Å².